The number of hydrogen-bond acceptors (Lipinski definition) is 5. The van der Waals surface area contributed by atoms with Gasteiger partial charge in [-0.05, 0) is 51.0 Å². The van der Waals surface area contributed by atoms with E-state index in [0.717, 1.165) is 48.7 Å². The first-order valence-corrected chi connectivity index (χ1v) is 10.4. The SMILES string of the molecule is CC(C)(O)C#Cc1ccc(CN2CCC3(CC2)Nc2ccccc2NC3=O)s1. The number of likely N-dealkylation sites (tertiary alicyclic amines) is 1. The summed E-state index contributed by atoms with van der Waals surface area (Å²) in [6.07, 6.45) is 1.56. The highest BCUT2D eigenvalue weighted by atomic mass is 32.1. The second-order valence-electron chi connectivity index (χ2n) is 8.06. The van der Waals surface area contributed by atoms with Gasteiger partial charge in [0.25, 0.3) is 0 Å². The predicted octanol–water partition coefficient (Wildman–Crippen LogP) is 3.27. The Hall–Kier alpha value is -2.33. The zero-order valence-corrected chi connectivity index (χ0v) is 17.0. The number of carbonyl (C=O) groups is 1. The van der Waals surface area contributed by atoms with E-state index in [1.807, 2.05) is 30.3 Å². The quantitative estimate of drug-likeness (QED) is 0.683. The number of carbonyl (C=O) groups excluding carboxylic acids is 1. The average molecular weight is 396 g/mol. The van der Waals surface area contributed by atoms with Crippen LogP contribution >= 0.6 is 11.3 Å². The average Bonchev–Trinajstić information content (AvgIpc) is 3.10. The highest BCUT2D eigenvalue weighted by Gasteiger charge is 2.44. The van der Waals surface area contributed by atoms with Crippen LogP contribution in [0.3, 0.4) is 0 Å². The topological polar surface area (TPSA) is 64.6 Å². The molecule has 5 nitrogen and oxygen atoms in total. The predicted molar refractivity (Wildman–Crippen MR) is 113 cm³/mol. The third-order valence-corrected chi connectivity index (χ3v) is 6.21. The lowest BCUT2D eigenvalue weighted by molar-refractivity contribution is -0.122. The summed E-state index contributed by atoms with van der Waals surface area (Å²) in [6, 6.07) is 12.0. The van der Waals surface area contributed by atoms with E-state index >= 15 is 0 Å². The van der Waals surface area contributed by atoms with Crippen molar-refractivity contribution in [3.05, 3.63) is 46.2 Å². The number of rotatable bonds is 2. The molecule has 3 N–H and O–H groups in total. The minimum absolute atomic E-state index is 0.0751. The van der Waals surface area contributed by atoms with Crippen LogP contribution in [0.25, 0.3) is 0 Å². The van der Waals surface area contributed by atoms with E-state index in [2.05, 4.69) is 33.4 Å². The van der Waals surface area contributed by atoms with Gasteiger partial charge in [0, 0.05) is 24.5 Å². The van der Waals surface area contributed by atoms with E-state index in [4.69, 9.17) is 0 Å². The van der Waals surface area contributed by atoms with Crippen molar-refractivity contribution in [3.8, 4) is 11.8 Å². The van der Waals surface area contributed by atoms with Gasteiger partial charge >= 0.3 is 0 Å². The van der Waals surface area contributed by atoms with E-state index in [1.165, 1.54) is 4.88 Å². The molecule has 0 radical (unpaired) electrons. The molecule has 2 aliphatic heterocycles. The lowest BCUT2D eigenvalue weighted by Gasteiger charge is -2.44. The number of nitrogens with one attached hydrogen (secondary N) is 2. The number of benzene rings is 1. The molecule has 2 aliphatic rings. The molecule has 0 saturated carbocycles. The summed E-state index contributed by atoms with van der Waals surface area (Å²) in [6.45, 7) is 5.97. The minimum atomic E-state index is -0.975. The van der Waals surface area contributed by atoms with Crippen LogP contribution in [-0.4, -0.2) is 40.1 Å². The summed E-state index contributed by atoms with van der Waals surface area (Å²) in [4.78, 5) is 17.3. The number of nitrogens with zero attached hydrogens (tertiary/aromatic N) is 1. The molecule has 3 heterocycles. The molecule has 1 amide bonds. The Balaban J connectivity index is 1.38. The molecule has 2 aromatic rings. The van der Waals surface area contributed by atoms with Gasteiger partial charge in [0.2, 0.25) is 5.91 Å². The fourth-order valence-corrected chi connectivity index (χ4v) is 4.57. The molecule has 1 aromatic heterocycles. The number of fused-ring (bicyclic) bond motifs is 1. The van der Waals surface area contributed by atoms with Gasteiger partial charge in [-0.25, -0.2) is 0 Å². The number of piperidine rings is 1. The third-order valence-electron chi connectivity index (χ3n) is 5.23. The Morgan fingerprint density at radius 1 is 1.18 bits per heavy atom. The number of para-hydroxylation sites is 2. The number of hydrogen-bond donors (Lipinski definition) is 3. The van der Waals surface area contributed by atoms with Crippen LogP contribution in [0, 0.1) is 11.8 Å². The summed E-state index contributed by atoms with van der Waals surface area (Å²) in [5, 5.41) is 16.3. The molecule has 1 fully saturated rings. The van der Waals surface area contributed by atoms with Gasteiger partial charge < -0.3 is 15.7 Å². The van der Waals surface area contributed by atoms with Crippen molar-refractivity contribution in [3.63, 3.8) is 0 Å². The molecule has 0 aliphatic carbocycles. The first-order valence-electron chi connectivity index (χ1n) is 9.58. The van der Waals surface area contributed by atoms with Gasteiger partial charge in [-0.2, -0.15) is 0 Å². The van der Waals surface area contributed by atoms with Gasteiger partial charge in [-0.15, -0.1) is 11.3 Å². The summed E-state index contributed by atoms with van der Waals surface area (Å²) in [5.74, 6) is 5.97. The second-order valence-corrected chi connectivity index (χ2v) is 9.23. The van der Waals surface area contributed by atoms with Crippen molar-refractivity contribution in [2.24, 2.45) is 0 Å². The fraction of sp³-hybridized carbons (Fsp3) is 0.409. The zero-order valence-electron chi connectivity index (χ0n) is 16.2. The van der Waals surface area contributed by atoms with Crippen LogP contribution in [0.1, 0.15) is 36.4 Å². The summed E-state index contributed by atoms with van der Waals surface area (Å²) >= 11 is 1.66. The van der Waals surface area contributed by atoms with E-state index < -0.39 is 11.1 Å². The van der Waals surface area contributed by atoms with Crippen LogP contribution in [0.5, 0.6) is 0 Å². The van der Waals surface area contributed by atoms with Crippen molar-refractivity contribution in [2.75, 3.05) is 23.7 Å². The van der Waals surface area contributed by atoms with Crippen molar-refractivity contribution >= 4 is 28.6 Å². The largest absolute Gasteiger partial charge is 0.378 e. The molecule has 146 valence electrons. The highest BCUT2D eigenvalue weighted by molar-refractivity contribution is 7.12. The lowest BCUT2D eigenvalue weighted by atomic mass is 9.84. The Kier molecular flexibility index (Phi) is 4.92. The fourth-order valence-electron chi connectivity index (χ4n) is 3.67. The zero-order chi connectivity index (χ0) is 19.8. The molecule has 0 bridgehead atoms. The third kappa shape index (κ3) is 4.07. The molecule has 28 heavy (non-hydrogen) atoms. The maximum absolute atomic E-state index is 12.7. The summed E-state index contributed by atoms with van der Waals surface area (Å²) in [5.41, 5.74) is 0.379. The Bertz CT molecular complexity index is 940. The van der Waals surface area contributed by atoms with Crippen LogP contribution < -0.4 is 10.6 Å². The first kappa shape index (κ1) is 19.0. The van der Waals surface area contributed by atoms with Crippen molar-refractivity contribution < 1.29 is 9.90 Å². The molecule has 1 aromatic carbocycles. The van der Waals surface area contributed by atoms with Crippen molar-refractivity contribution in [1.29, 1.82) is 0 Å². The van der Waals surface area contributed by atoms with Crippen molar-refractivity contribution in [1.82, 2.24) is 4.90 Å². The van der Waals surface area contributed by atoms with Crippen LogP contribution in [-0.2, 0) is 11.3 Å². The van der Waals surface area contributed by atoms with Crippen LogP contribution in [0.2, 0.25) is 0 Å². The van der Waals surface area contributed by atoms with E-state index in [-0.39, 0.29) is 5.91 Å². The number of aliphatic hydroxyl groups is 1. The maximum atomic E-state index is 12.7. The Morgan fingerprint density at radius 3 is 2.61 bits per heavy atom. The Morgan fingerprint density at radius 2 is 1.89 bits per heavy atom. The normalized spacial score (nSPS) is 18.6. The molecule has 6 heteroatoms. The smallest absolute Gasteiger partial charge is 0.250 e. The molecule has 1 saturated heterocycles. The molecular formula is C22H25N3O2S. The molecule has 4 rings (SSSR count). The number of thiophene rings is 1. The monoisotopic (exact) mass is 395 g/mol. The van der Waals surface area contributed by atoms with E-state index in [0.29, 0.717) is 0 Å². The number of amides is 1. The van der Waals surface area contributed by atoms with Gasteiger partial charge in [-0.1, -0.05) is 24.0 Å². The van der Waals surface area contributed by atoms with Gasteiger partial charge in [0.1, 0.15) is 11.1 Å². The van der Waals surface area contributed by atoms with Crippen molar-refractivity contribution in [2.45, 2.75) is 44.4 Å². The van der Waals surface area contributed by atoms with E-state index in [9.17, 15) is 9.90 Å². The van der Waals surface area contributed by atoms with Gasteiger partial charge in [-0.3, -0.25) is 9.69 Å². The first-order chi connectivity index (χ1) is 13.3. The highest BCUT2D eigenvalue weighted by Crippen LogP contribution is 2.36. The van der Waals surface area contributed by atoms with Crippen LogP contribution in [0.15, 0.2) is 36.4 Å². The summed E-state index contributed by atoms with van der Waals surface area (Å²) in [7, 11) is 0. The second kappa shape index (κ2) is 7.25. The molecule has 1 spiro atoms. The standard InChI is InChI=1S/C22H25N3O2S/c1-21(2,27)10-9-16-7-8-17(28-16)15-25-13-11-22(12-14-25)20(26)23-18-5-3-4-6-19(18)24-22/h3-8,24,27H,11-15H2,1-2H3,(H,23,26). The molecule has 0 unspecified atom stereocenters. The molecule has 0 atom stereocenters. The lowest BCUT2D eigenvalue weighted by Crippen LogP contribution is -2.58. The molecular weight excluding hydrogens is 370 g/mol. The minimum Gasteiger partial charge on any atom is -0.378 e. The number of anilines is 2. The Labute approximate surface area is 169 Å². The van der Waals surface area contributed by atoms with Gasteiger partial charge in [0.15, 0.2) is 0 Å². The maximum Gasteiger partial charge on any atom is 0.250 e. The summed E-state index contributed by atoms with van der Waals surface area (Å²) < 4.78 is 0. The van der Waals surface area contributed by atoms with Crippen LogP contribution in [0.4, 0.5) is 11.4 Å². The van der Waals surface area contributed by atoms with Gasteiger partial charge in [0.05, 0.1) is 16.3 Å². The van der Waals surface area contributed by atoms with E-state index in [1.54, 1.807) is 25.2 Å².